The molecule has 7 heteroatoms. The number of piperidine rings is 3. The number of methoxy groups -OCH3 is 1. The van der Waals surface area contributed by atoms with Gasteiger partial charge >= 0.3 is 0 Å². The van der Waals surface area contributed by atoms with Crippen LogP contribution in [0.5, 0.6) is 0 Å². The molecule has 3 aliphatic rings. The monoisotopic (exact) mass is 426 g/mol. The first-order valence-corrected chi connectivity index (χ1v) is 11.9. The van der Waals surface area contributed by atoms with Gasteiger partial charge in [0.15, 0.2) is 5.58 Å². The van der Waals surface area contributed by atoms with E-state index in [1.165, 1.54) is 0 Å². The lowest BCUT2D eigenvalue weighted by molar-refractivity contribution is -0.139. The molecule has 5 rings (SSSR count). The molecule has 168 valence electrons. The topological polar surface area (TPSA) is 62.1 Å². The van der Waals surface area contributed by atoms with Crippen LogP contribution in [0.1, 0.15) is 38.5 Å². The van der Waals surface area contributed by atoms with Gasteiger partial charge in [-0.05, 0) is 63.7 Å². The van der Waals surface area contributed by atoms with Gasteiger partial charge in [0.2, 0.25) is 5.91 Å². The van der Waals surface area contributed by atoms with E-state index in [4.69, 9.17) is 9.15 Å². The SMILES string of the molecule is COC1CCN(C(=O)C2CCN(C3CCN(c4nc5ccccc5o4)CC3)CC2)CC1. The molecular weight excluding hydrogens is 392 g/mol. The summed E-state index contributed by atoms with van der Waals surface area (Å²) in [5, 5.41) is 0. The number of oxazole rings is 1. The number of para-hydroxylation sites is 2. The minimum atomic E-state index is 0.204. The molecule has 0 spiro atoms. The molecule has 1 aromatic heterocycles. The zero-order chi connectivity index (χ0) is 21.2. The summed E-state index contributed by atoms with van der Waals surface area (Å²) < 4.78 is 11.4. The normalized spacial score (nSPS) is 23.0. The van der Waals surface area contributed by atoms with Crippen LogP contribution in [0, 0.1) is 5.92 Å². The number of ether oxygens (including phenoxy) is 1. The molecule has 0 unspecified atom stereocenters. The van der Waals surface area contributed by atoms with E-state index in [9.17, 15) is 4.79 Å². The van der Waals surface area contributed by atoms with Gasteiger partial charge in [0.05, 0.1) is 6.10 Å². The molecule has 0 aliphatic carbocycles. The summed E-state index contributed by atoms with van der Waals surface area (Å²) >= 11 is 0. The number of rotatable bonds is 4. The lowest BCUT2D eigenvalue weighted by atomic mass is 9.91. The standard InChI is InChI=1S/C24H34N4O3/c1-30-20-10-16-27(17-11-20)23(29)18-6-12-26(13-7-18)19-8-14-28(15-9-19)24-25-21-4-2-3-5-22(21)31-24/h2-5,18-20H,6-17H2,1H3. The Morgan fingerprint density at radius 3 is 2.35 bits per heavy atom. The highest BCUT2D eigenvalue weighted by atomic mass is 16.5. The van der Waals surface area contributed by atoms with Crippen molar-refractivity contribution in [3.8, 4) is 0 Å². The van der Waals surface area contributed by atoms with Crippen molar-refractivity contribution in [2.24, 2.45) is 5.92 Å². The maximum Gasteiger partial charge on any atom is 0.298 e. The number of carbonyl (C=O) groups excluding carboxylic acids is 1. The average Bonchev–Trinajstić information content (AvgIpc) is 3.28. The van der Waals surface area contributed by atoms with Gasteiger partial charge in [0.25, 0.3) is 6.01 Å². The smallest absolute Gasteiger partial charge is 0.298 e. The van der Waals surface area contributed by atoms with Gasteiger partial charge < -0.3 is 23.9 Å². The Morgan fingerprint density at radius 2 is 1.68 bits per heavy atom. The summed E-state index contributed by atoms with van der Waals surface area (Å²) in [6, 6.07) is 9.32. The van der Waals surface area contributed by atoms with E-state index < -0.39 is 0 Å². The molecule has 7 nitrogen and oxygen atoms in total. The predicted octanol–water partition coefficient (Wildman–Crippen LogP) is 3.15. The van der Waals surface area contributed by atoms with Gasteiger partial charge in [0, 0.05) is 45.2 Å². The summed E-state index contributed by atoms with van der Waals surface area (Å²) in [7, 11) is 1.77. The summed E-state index contributed by atoms with van der Waals surface area (Å²) in [5.41, 5.74) is 1.79. The second-order valence-electron chi connectivity index (χ2n) is 9.25. The first-order chi connectivity index (χ1) is 15.2. The van der Waals surface area contributed by atoms with Crippen LogP contribution in [-0.2, 0) is 9.53 Å². The van der Waals surface area contributed by atoms with Crippen LogP contribution in [0.4, 0.5) is 6.01 Å². The highest BCUT2D eigenvalue weighted by Gasteiger charge is 2.34. The van der Waals surface area contributed by atoms with Gasteiger partial charge in [-0.3, -0.25) is 4.79 Å². The second-order valence-corrected chi connectivity index (χ2v) is 9.25. The Morgan fingerprint density at radius 1 is 0.968 bits per heavy atom. The van der Waals surface area contributed by atoms with Crippen LogP contribution >= 0.6 is 0 Å². The van der Waals surface area contributed by atoms with Gasteiger partial charge in [-0.1, -0.05) is 12.1 Å². The van der Waals surface area contributed by atoms with Crippen molar-refractivity contribution < 1.29 is 13.9 Å². The van der Waals surface area contributed by atoms with Crippen LogP contribution in [0.2, 0.25) is 0 Å². The first kappa shape index (κ1) is 20.8. The fourth-order valence-electron chi connectivity index (χ4n) is 5.50. The van der Waals surface area contributed by atoms with Crippen molar-refractivity contribution in [3.63, 3.8) is 0 Å². The molecule has 1 aromatic carbocycles. The second kappa shape index (κ2) is 9.17. The van der Waals surface area contributed by atoms with E-state index in [1.807, 2.05) is 24.3 Å². The number of hydrogen-bond donors (Lipinski definition) is 0. The fraction of sp³-hybridized carbons (Fsp3) is 0.667. The van der Waals surface area contributed by atoms with E-state index in [0.29, 0.717) is 18.1 Å². The maximum atomic E-state index is 12.9. The number of amides is 1. The van der Waals surface area contributed by atoms with Gasteiger partial charge in [-0.25, -0.2) is 0 Å². The summed E-state index contributed by atoms with van der Waals surface area (Å²) in [4.78, 5) is 24.6. The van der Waals surface area contributed by atoms with Crippen LogP contribution in [0.3, 0.4) is 0 Å². The molecule has 1 amide bonds. The molecular formula is C24H34N4O3. The maximum absolute atomic E-state index is 12.9. The molecule has 0 atom stereocenters. The minimum Gasteiger partial charge on any atom is -0.423 e. The van der Waals surface area contributed by atoms with Gasteiger partial charge in [-0.2, -0.15) is 4.98 Å². The minimum absolute atomic E-state index is 0.204. The quantitative estimate of drug-likeness (QED) is 0.749. The van der Waals surface area contributed by atoms with Crippen LogP contribution in [-0.4, -0.2) is 79.2 Å². The van der Waals surface area contributed by atoms with Crippen LogP contribution < -0.4 is 4.90 Å². The number of anilines is 1. The molecule has 0 bridgehead atoms. The number of benzene rings is 1. The lowest BCUT2D eigenvalue weighted by Crippen LogP contribution is -2.50. The Labute approximate surface area is 184 Å². The Balaban J connectivity index is 1.09. The van der Waals surface area contributed by atoms with E-state index >= 15 is 0 Å². The third-order valence-electron chi connectivity index (χ3n) is 7.50. The lowest BCUT2D eigenvalue weighted by Gasteiger charge is -2.42. The molecule has 31 heavy (non-hydrogen) atoms. The third-order valence-corrected chi connectivity index (χ3v) is 7.50. The Bertz CT molecular complexity index is 843. The predicted molar refractivity (Wildman–Crippen MR) is 120 cm³/mol. The van der Waals surface area contributed by atoms with E-state index in [1.54, 1.807) is 7.11 Å². The van der Waals surface area contributed by atoms with Crippen LogP contribution in [0.15, 0.2) is 28.7 Å². The summed E-state index contributed by atoms with van der Waals surface area (Å²) in [6.07, 6.45) is 6.51. The molecule has 3 saturated heterocycles. The Hall–Kier alpha value is -2.12. The fourth-order valence-corrected chi connectivity index (χ4v) is 5.50. The van der Waals surface area contributed by atoms with Crippen molar-refractivity contribution in [1.82, 2.24) is 14.8 Å². The third kappa shape index (κ3) is 4.44. The Kier molecular flexibility index (Phi) is 6.14. The molecule has 3 fully saturated rings. The first-order valence-electron chi connectivity index (χ1n) is 11.9. The number of aromatic nitrogens is 1. The van der Waals surface area contributed by atoms with Crippen molar-refractivity contribution in [2.45, 2.75) is 50.7 Å². The number of likely N-dealkylation sites (tertiary alicyclic amines) is 2. The van der Waals surface area contributed by atoms with Crippen molar-refractivity contribution in [3.05, 3.63) is 24.3 Å². The molecule has 0 N–H and O–H groups in total. The number of carbonyl (C=O) groups is 1. The van der Waals surface area contributed by atoms with Crippen molar-refractivity contribution in [2.75, 3.05) is 51.3 Å². The largest absolute Gasteiger partial charge is 0.423 e. The highest BCUT2D eigenvalue weighted by Crippen LogP contribution is 2.29. The zero-order valence-corrected chi connectivity index (χ0v) is 18.5. The average molecular weight is 427 g/mol. The number of nitrogens with zero attached hydrogens (tertiary/aromatic N) is 4. The van der Waals surface area contributed by atoms with E-state index in [2.05, 4.69) is 19.7 Å². The van der Waals surface area contributed by atoms with Gasteiger partial charge in [-0.15, -0.1) is 0 Å². The molecule has 4 heterocycles. The summed E-state index contributed by atoms with van der Waals surface area (Å²) in [5.74, 6) is 0.579. The number of hydrogen-bond acceptors (Lipinski definition) is 6. The van der Waals surface area contributed by atoms with Gasteiger partial charge in [0.1, 0.15) is 5.52 Å². The zero-order valence-electron chi connectivity index (χ0n) is 18.5. The van der Waals surface area contributed by atoms with Crippen molar-refractivity contribution >= 4 is 23.0 Å². The summed E-state index contributed by atoms with van der Waals surface area (Å²) in [6.45, 7) is 5.74. The van der Waals surface area contributed by atoms with Crippen LogP contribution in [0.25, 0.3) is 11.1 Å². The molecule has 3 aliphatic heterocycles. The number of fused-ring (bicyclic) bond motifs is 1. The molecule has 0 radical (unpaired) electrons. The van der Waals surface area contributed by atoms with E-state index in [-0.39, 0.29) is 5.92 Å². The molecule has 2 aromatic rings. The highest BCUT2D eigenvalue weighted by molar-refractivity contribution is 5.79. The van der Waals surface area contributed by atoms with Crippen molar-refractivity contribution in [1.29, 1.82) is 0 Å². The molecule has 0 saturated carbocycles. The van der Waals surface area contributed by atoms with E-state index in [0.717, 1.165) is 94.9 Å².